The highest BCUT2D eigenvalue weighted by Gasteiger charge is 2.30. The van der Waals surface area contributed by atoms with Gasteiger partial charge in [-0.2, -0.15) is 5.10 Å². The van der Waals surface area contributed by atoms with Gasteiger partial charge >= 0.3 is 0 Å². The summed E-state index contributed by atoms with van der Waals surface area (Å²) in [5.74, 6) is 1.14. The number of ketones is 1. The van der Waals surface area contributed by atoms with Crippen molar-refractivity contribution in [2.24, 2.45) is 0 Å². The summed E-state index contributed by atoms with van der Waals surface area (Å²) in [5.41, 5.74) is 3.34. The van der Waals surface area contributed by atoms with E-state index in [0.717, 1.165) is 59.1 Å². The zero-order valence-corrected chi connectivity index (χ0v) is 18.7. The van der Waals surface area contributed by atoms with Crippen LogP contribution < -0.4 is 10.1 Å². The zero-order chi connectivity index (χ0) is 21.9. The van der Waals surface area contributed by atoms with Gasteiger partial charge in [-0.1, -0.05) is 12.1 Å². The number of rotatable bonds is 7. The SMILES string of the molecule is COc1cccc(NC(C(=O)c2ccsc2C2CCOCC2)c2cccc3ccnn23)c1. The highest BCUT2D eigenvalue weighted by atomic mass is 32.1. The monoisotopic (exact) mass is 447 g/mol. The molecule has 1 aromatic carbocycles. The number of methoxy groups -OCH3 is 1. The minimum absolute atomic E-state index is 0.0403. The first-order valence-corrected chi connectivity index (χ1v) is 11.6. The highest BCUT2D eigenvalue weighted by Crippen LogP contribution is 2.36. The number of nitrogens with one attached hydrogen (secondary N) is 1. The molecule has 1 fully saturated rings. The molecule has 1 atom stereocenters. The Balaban J connectivity index is 1.56. The van der Waals surface area contributed by atoms with Crippen molar-refractivity contribution in [3.63, 3.8) is 0 Å². The lowest BCUT2D eigenvalue weighted by molar-refractivity contribution is 0.0850. The molecule has 5 rings (SSSR count). The van der Waals surface area contributed by atoms with Crippen molar-refractivity contribution in [3.05, 3.63) is 82.3 Å². The van der Waals surface area contributed by atoms with Crippen molar-refractivity contribution in [2.45, 2.75) is 24.8 Å². The third kappa shape index (κ3) is 4.01. The van der Waals surface area contributed by atoms with Crippen LogP contribution in [0.2, 0.25) is 0 Å². The van der Waals surface area contributed by atoms with Crippen LogP contribution in [0.1, 0.15) is 45.7 Å². The first-order valence-electron chi connectivity index (χ1n) is 10.8. The van der Waals surface area contributed by atoms with E-state index in [1.165, 1.54) is 0 Å². The number of aromatic nitrogens is 2. The molecule has 0 spiro atoms. The van der Waals surface area contributed by atoms with E-state index >= 15 is 0 Å². The van der Waals surface area contributed by atoms with Crippen LogP contribution in [0.4, 0.5) is 5.69 Å². The number of hydrogen-bond acceptors (Lipinski definition) is 6. The summed E-state index contributed by atoms with van der Waals surface area (Å²) in [6.07, 6.45) is 3.65. The summed E-state index contributed by atoms with van der Waals surface area (Å²) in [6, 6.07) is 16.8. The Morgan fingerprint density at radius 3 is 2.88 bits per heavy atom. The van der Waals surface area contributed by atoms with Gasteiger partial charge in [0, 0.05) is 41.6 Å². The predicted octanol–water partition coefficient (Wildman–Crippen LogP) is 5.33. The quantitative estimate of drug-likeness (QED) is 0.388. The van der Waals surface area contributed by atoms with Gasteiger partial charge < -0.3 is 14.8 Å². The van der Waals surface area contributed by atoms with Crippen molar-refractivity contribution in [3.8, 4) is 5.75 Å². The Hall–Kier alpha value is -3.16. The molecule has 0 aliphatic carbocycles. The van der Waals surface area contributed by atoms with Gasteiger partial charge in [-0.15, -0.1) is 11.3 Å². The zero-order valence-electron chi connectivity index (χ0n) is 17.9. The van der Waals surface area contributed by atoms with Crippen molar-refractivity contribution in [1.29, 1.82) is 0 Å². The molecule has 0 saturated carbocycles. The molecule has 0 bridgehead atoms. The van der Waals surface area contributed by atoms with E-state index in [0.29, 0.717) is 5.92 Å². The summed E-state index contributed by atoms with van der Waals surface area (Å²) in [4.78, 5) is 15.2. The molecular formula is C25H25N3O3S. The lowest BCUT2D eigenvalue weighted by Gasteiger charge is -2.24. The largest absolute Gasteiger partial charge is 0.497 e. The average Bonchev–Trinajstić information content (AvgIpc) is 3.52. The van der Waals surface area contributed by atoms with Crippen LogP contribution >= 0.6 is 11.3 Å². The Morgan fingerprint density at radius 2 is 2.03 bits per heavy atom. The van der Waals surface area contributed by atoms with Gasteiger partial charge in [0.1, 0.15) is 11.8 Å². The van der Waals surface area contributed by atoms with E-state index in [4.69, 9.17) is 9.47 Å². The molecule has 1 aliphatic heterocycles. The molecule has 1 N–H and O–H groups in total. The van der Waals surface area contributed by atoms with Crippen LogP contribution in [0.25, 0.3) is 5.52 Å². The van der Waals surface area contributed by atoms with Gasteiger partial charge in [0.05, 0.1) is 18.3 Å². The van der Waals surface area contributed by atoms with Crippen LogP contribution in [0.3, 0.4) is 0 Å². The van der Waals surface area contributed by atoms with Gasteiger partial charge in [-0.05, 0) is 60.5 Å². The van der Waals surface area contributed by atoms with Crippen molar-refractivity contribution < 1.29 is 14.3 Å². The fraction of sp³-hybridized carbons (Fsp3) is 0.280. The molecule has 6 nitrogen and oxygen atoms in total. The highest BCUT2D eigenvalue weighted by molar-refractivity contribution is 7.10. The van der Waals surface area contributed by atoms with Gasteiger partial charge in [-0.25, -0.2) is 4.52 Å². The number of Topliss-reactive ketones (excluding diaryl/α,β-unsaturated/α-hetero) is 1. The summed E-state index contributed by atoms with van der Waals surface area (Å²) in [5, 5.41) is 9.96. The maximum atomic E-state index is 14.0. The number of carbonyl (C=O) groups excluding carboxylic acids is 1. The topological polar surface area (TPSA) is 64.9 Å². The normalized spacial score (nSPS) is 15.5. The van der Waals surface area contributed by atoms with Crippen molar-refractivity contribution >= 4 is 28.3 Å². The number of hydrogen-bond donors (Lipinski definition) is 1. The van der Waals surface area contributed by atoms with Crippen LogP contribution in [0.15, 0.2) is 66.2 Å². The number of pyridine rings is 1. The number of fused-ring (bicyclic) bond motifs is 1. The van der Waals surface area contributed by atoms with E-state index in [9.17, 15) is 4.79 Å². The smallest absolute Gasteiger partial charge is 0.192 e. The van der Waals surface area contributed by atoms with E-state index < -0.39 is 6.04 Å². The molecule has 0 radical (unpaired) electrons. The fourth-order valence-corrected chi connectivity index (χ4v) is 5.37. The first kappa shape index (κ1) is 20.7. The van der Waals surface area contributed by atoms with Crippen LogP contribution in [0.5, 0.6) is 5.75 Å². The van der Waals surface area contributed by atoms with E-state index in [1.54, 1.807) is 24.6 Å². The molecular weight excluding hydrogens is 422 g/mol. The summed E-state index contributed by atoms with van der Waals surface area (Å²) >= 11 is 1.67. The molecule has 4 heterocycles. The Morgan fingerprint density at radius 1 is 1.19 bits per heavy atom. The van der Waals surface area contributed by atoms with Gasteiger partial charge in [-0.3, -0.25) is 4.79 Å². The second kappa shape index (κ2) is 9.14. The second-order valence-electron chi connectivity index (χ2n) is 7.88. The van der Waals surface area contributed by atoms with Crippen molar-refractivity contribution in [2.75, 3.05) is 25.6 Å². The third-order valence-electron chi connectivity index (χ3n) is 5.94. The maximum absolute atomic E-state index is 14.0. The molecule has 32 heavy (non-hydrogen) atoms. The fourth-order valence-electron chi connectivity index (χ4n) is 4.30. The van der Waals surface area contributed by atoms with E-state index in [1.807, 2.05) is 64.5 Å². The third-order valence-corrected chi connectivity index (χ3v) is 7.02. The molecule has 4 aromatic rings. The predicted molar refractivity (Wildman–Crippen MR) is 126 cm³/mol. The first-order chi connectivity index (χ1) is 15.7. The van der Waals surface area contributed by atoms with Gasteiger partial charge in [0.15, 0.2) is 5.78 Å². The van der Waals surface area contributed by atoms with Crippen molar-refractivity contribution in [1.82, 2.24) is 9.61 Å². The summed E-state index contributed by atoms with van der Waals surface area (Å²) in [7, 11) is 1.64. The molecule has 7 heteroatoms. The molecule has 1 saturated heterocycles. The maximum Gasteiger partial charge on any atom is 0.192 e. The Bertz CT molecular complexity index is 1230. The lowest BCUT2D eigenvalue weighted by Crippen LogP contribution is -2.25. The Kier molecular flexibility index (Phi) is 5.92. The number of nitrogens with zero attached hydrogens (tertiary/aromatic N) is 2. The number of anilines is 1. The summed E-state index contributed by atoms with van der Waals surface area (Å²) in [6.45, 7) is 1.49. The minimum Gasteiger partial charge on any atom is -0.497 e. The number of thiophene rings is 1. The van der Waals surface area contributed by atoms with Crippen LogP contribution in [-0.2, 0) is 4.74 Å². The standard InChI is InChI=1S/C25H25N3O3S/c1-30-20-6-2-4-18(16-20)27-23(22-7-3-5-19-8-12-26-28(19)22)24(29)21-11-15-32-25(21)17-9-13-31-14-10-17/h2-8,11-12,15-17,23,27H,9-10,13-14H2,1H3. The van der Waals surface area contributed by atoms with Gasteiger partial charge in [0.2, 0.25) is 0 Å². The number of carbonyl (C=O) groups is 1. The molecule has 0 amide bonds. The molecule has 3 aromatic heterocycles. The molecule has 1 aliphatic rings. The average molecular weight is 448 g/mol. The summed E-state index contributed by atoms with van der Waals surface area (Å²) < 4.78 is 12.7. The van der Waals surface area contributed by atoms with Gasteiger partial charge in [0.25, 0.3) is 0 Å². The lowest BCUT2D eigenvalue weighted by atomic mass is 9.92. The molecule has 164 valence electrons. The second-order valence-corrected chi connectivity index (χ2v) is 8.82. The van der Waals surface area contributed by atoms with E-state index in [2.05, 4.69) is 10.4 Å². The molecule has 1 unspecified atom stereocenters. The van der Waals surface area contributed by atoms with E-state index in [-0.39, 0.29) is 5.78 Å². The Labute approximate surface area is 190 Å². The minimum atomic E-state index is -0.598. The van der Waals surface area contributed by atoms with Crippen LogP contribution in [0, 0.1) is 0 Å². The van der Waals surface area contributed by atoms with Crippen LogP contribution in [-0.4, -0.2) is 35.7 Å². The number of ether oxygens (including phenoxy) is 2. The number of benzene rings is 1.